The summed E-state index contributed by atoms with van der Waals surface area (Å²) in [5.74, 6) is 1.85. The Hall–Kier alpha value is -2.33. The molecule has 1 aliphatic rings. The fourth-order valence-corrected chi connectivity index (χ4v) is 4.61. The van der Waals surface area contributed by atoms with Crippen molar-refractivity contribution in [2.24, 2.45) is 0 Å². The second-order valence-electron chi connectivity index (χ2n) is 6.00. The van der Waals surface area contributed by atoms with E-state index in [0.29, 0.717) is 23.9 Å². The smallest absolute Gasteiger partial charge is 0.233 e. The number of amides is 1. The quantitative estimate of drug-likeness (QED) is 0.584. The van der Waals surface area contributed by atoms with Crippen LogP contribution in [0.1, 0.15) is 6.92 Å². The number of carbonyl (C=O) groups is 1. The first-order valence-electron chi connectivity index (χ1n) is 8.78. The SMILES string of the molecule is CCn1c(SCC(=O)N2CCN(c3nccs3)CC2)nnc1-c1ccco1. The molecule has 4 heterocycles. The van der Waals surface area contributed by atoms with Crippen LogP contribution in [0.5, 0.6) is 0 Å². The van der Waals surface area contributed by atoms with Crippen molar-refractivity contribution in [2.45, 2.75) is 18.6 Å². The van der Waals surface area contributed by atoms with Crippen LogP contribution in [0, 0.1) is 0 Å². The Morgan fingerprint density at radius 2 is 2.15 bits per heavy atom. The molecule has 3 aromatic rings. The van der Waals surface area contributed by atoms with Crippen LogP contribution in [0.15, 0.2) is 39.5 Å². The van der Waals surface area contributed by atoms with E-state index in [9.17, 15) is 4.79 Å². The van der Waals surface area contributed by atoms with Crippen molar-refractivity contribution in [2.75, 3.05) is 36.8 Å². The number of hydrogen-bond donors (Lipinski definition) is 0. The van der Waals surface area contributed by atoms with Crippen LogP contribution < -0.4 is 4.90 Å². The summed E-state index contributed by atoms with van der Waals surface area (Å²) in [6.07, 6.45) is 3.43. The zero-order chi connectivity index (χ0) is 18.6. The minimum Gasteiger partial charge on any atom is -0.461 e. The van der Waals surface area contributed by atoms with Gasteiger partial charge < -0.3 is 14.2 Å². The van der Waals surface area contributed by atoms with Gasteiger partial charge in [-0.05, 0) is 19.1 Å². The number of piperazine rings is 1. The Labute approximate surface area is 165 Å². The fourth-order valence-electron chi connectivity index (χ4n) is 3.01. The lowest BCUT2D eigenvalue weighted by atomic mass is 10.3. The standard InChI is InChI=1S/C17H20N6O2S2/c1-2-23-15(13-4-3-10-25-13)19-20-17(23)27-12-14(24)21-6-8-22(9-7-21)16-18-5-11-26-16/h3-5,10-11H,2,6-9,12H2,1H3. The molecular weight excluding hydrogens is 384 g/mol. The molecule has 1 saturated heterocycles. The summed E-state index contributed by atoms with van der Waals surface area (Å²) in [6.45, 7) is 5.81. The lowest BCUT2D eigenvalue weighted by molar-refractivity contribution is -0.128. The van der Waals surface area contributed by atoms with Crippen LogP contribution >= 0.6 is 23.1 Å². The first-order valence-corrected chi connectivity index (χ1v) is 10.6. The molecule has 27 heavy (non-hydrogen) atoms. The van der Waals surface area contributed by atoms with E-state index >= 15 is 0 Å². The van der Waals surface area contributed by atoms with Crippen molar-refractivity contribution < 1.29 is 9.21 Å². The fraction of sp³-hybridized carbons (Fsp3) is 0.412. The number of rotatable bonds is 6. The molecule has 3 aromatic heterocycles. The number of aromatic nitrogens is 4. The maximum Gasteiger partial charge on any atom is 0.233 e. The van der Waals surface area contributed by atoms with Crippen molar-refractivity contribution in [3.63, 3.8) is 0 Å². The Morgan fingerprint density at radius 3 is 2.81 bits per heavy atom. The monoisotopic (exact) mass is 404 g/mol. The molecule has 0 aliphatic carbocycles. The normalized spacial score (nSPS) is 14.7. The molecule has 1 fully saturated rings. The summed E-state index contributed by atoms with van der Waals surface area (Å²) in [5, 5.41) is 12.2. The van der Waals surface area contributed by atoms with Crippen molar-refractivity contribution in [1.82, 2.24) is 24.6 Å². The topological polar surface area (TPSA) is 80.3 Å². The number of thiazole rings is 1. The molecule has 1 amide bonds. The number of furan rings is 1. The minimum absolute atomic E-state index is 0.129. The number of carbonyl (C=O) groups excluding carboxylic acids is 1. The van der Waals surface area contributed by atoms with Gasteiger partial charge in [0.15, 0.2) is 21.9 Å². The predicted octanol–water partition coefficient (Wildman–Crippen LogP) is 2.46. The molecule has 0 unspecified atom stereocenters. The number of hydrogen-bond acceptors (Lipinski definition) is 8. The molecule has 0 atom stereocenters. The zero-order valence-electron chi connectivity index (χ0n) is 14.9. The van der Waals surface area contributed by atoms with Gasteiger partial charge in [0.2, 0.25) is 5.91 Å². The predicted molar refractivity (Wildman–Crippen MR) is 105 cm³/mol. The van der Waals surface area contributed by atoms with Crippen LogP contribution in [0.4, 0.5) is 5.13 Å². The summed E-state index contributed by atoms with van der Waals surface area (Å²) >= 11 is 3.06. The molecule has 4 rings (SSSR count). The molecule has 0 spiro atoms. The lowest BCUT2D eigenvalue weighted by Gasteiger charge is -2.34. The van der Waals surface area contributed by atoms with Gasteiger partial charge in [-0.2, -0.15) is 0 Å². The highest BCUT2D eigenvalue weighted by Crippen LogP contribution is 2.25. The Morgan fingerprint density at radius 1 is 1.30 bits per heavy atom. The molecule has 0 bridgehead atoms. The molecule has 0 N–H and O–H groups in total. The number of nitrogens with zero attached hydrogens (tertiary/aromatic N) is 6. The summed E-state index contributed by atoms with van der Waals surface area (Å²) < 4.78 is 7.39. The van der Waals surface area contributed by atoms with Gasteiger partial charge in [0, 0.05) is 44.3 Å². The summed E-state index contributed by atoms with van der Waals surface area (Å²) in [4.78, 5) is 21.1. The number of anilines is 1. The van der Waals surface area contributed by atoms with Gasteiger partial charge in [0.05, 0.1) is 12.0 Å². The van der Waals surface area contributed by atoms with E-state index in [4.69, 9.17) is 4.42 Å². The highest BCUT2D eigenvalue weighted by molar-refractivity contribution is 7.99. The minimum atomic E-state index is 0.129. The molecule has 1 aliphatic heterocycles. The molecule has 8 nitrogen and oxygen atoms in total. The van der Waals surface area contributed by atoms with Gasteiger partial charge in [0.25, 0.3) is 0 Å². The van der Waals surface area contributed by atoms with Crippen LogP contribution in [-0.2, 0) is 11.3 Å². The van der Waals surface area contributed by atoms with Gasteiger partial charge in [-0.3, -0.25) is 9.36 Å². The third kappa shape index (κ3) is 3.86. The van der Waals surface area contributed by atoms with Gasteiger partial charge in [0.1, 0.15) is 0 Å². The Balaban J connectivity index is 1.33. The van der Waals surface area contributed by atoms with E-state index in [2.05, 4.69) is 20.1 Å². The zero-order valence-corrected chi connectivity index (χ0v) is 16.6. The highest BCUT2D eigenvalue weighted by Gasteiger charge is 2.23. The van der Waals surface area contributed by atoms with Crippen molar-refractivity contribution in [3.8, 4) is 11.6 Å². The summed E-state index contributed by atoms with van der Waals surface area (Å²) in [5.41, 5.74) is 0. The first-order chi connectivity index (χ1) is 13.3. The first kappa shape index (κ1) is 18.1. The van der Waals surface area contributed by atoms with E-state index in [1.165, 1.54) is 11.8 Å². The Kier molecular flexibility index (Phi) is 5.44. The lowest BCUT2D eigenvalue weighted by Crippen LogP contribution is -2.49. The van der Waals surface area contributed by atoms with E-state index in [1.54, 1.807) is 17.6 Å². The van der Waals surface area contributed by atoms with Crippen LogP contribution in [-0.4, -0.2) is 62.5 Å². The van der Waals surface area contributed by atoms with Crippen molar-refractivity contribution in [1.29, 1.82) is 0 Å². The van der Waals surface area contributed by atoms with Crippen molar-refractivity contribution >= 4 is 34.1 Å². The molecule has 0 saturated carbocycles. The molecule has 0 radical (unpaired) electrons. The maximum absolute atomic E-state index is 12.6. The highest BCUT2D eigenvalue weighted by atomic mass is 32.2. The van der Waals surface area contributed by atoms with Gasteiger partial charge in [-0.25, -0.2) is 4.98 Å². The van der Waals surface area contributed by atoms with Gasteiger partial charge in [-0.1, -0.05) is 11.8 Å². The van der Waals surface area contributed by atoms with E-state index in [-0.39, 0.29) is 5.91 Å². The molecular formula is C17H20N6O2S2. The van der Waals surface area contributed by atoms with E-state index < -0.39 is 0 Å². The van der Waals surface area contributed by atoms with Gasteiger partial charge >= 0.3 is 0 Å². The Bertz CT molecular complexity index is 870. The van der Waals surface area contributed by atoms with E-state index in [1.807, 2.05) is 40.1 Å². The van der Waals surface area contributed by atoms with E-state index in [0.717, 1.165) is 36.5 Å². The van der Waals surface area contributed by atoms with Gasteiger partial charge in [-0.15, -0.1) is 21.5 Å². The summed E-state index contributed by atoms with van der Waals surface area (Å²) in [7, 11) is 0. The average Bonchev–Trinajstić information content (AvgIpc) is 3.47. The third-order valence-corrected chi connectivity index (χ3v) is 6.21. The molecule has 142 valence electrons. The van der Waals surface area contributed by atoms with Crippen LogP contribution in [0.2, 0.25) is 0 Å². The van der Waals surface area contributed by atoms with Crippen molar-refractivity contribution in [3.05, 3.63) is 30.0 Å². The molecule has 0 aromatic carbocycles. The third-order valence-electron chi connectivity index (χ3n) is 4.42. The second kappa shape index (κ2) is 8.13. The summed E-state index contributed by atoms with van der Waals surface area (Å²) in [6, 6.07) is 3.68. The largest absolute Gasteiger partial charge is 0.461 e. The maximum atomic E-state index is 12.6. The second-order valence-corrected chi connectivity index (χ2v) is 7.81. The number of thioether (sulfide) groups is 1. The van der Waals surface area contributed by atoms with Crippen LogP contribution in [0.25, 0.3) is 11.6 Å². The molecule has 10 heteroatoms. The van der Waals surface area contributed by atoms with Crippen LogP contribution in [0.3, 0.4) is 0 Å². The average molecular weight is 405 g/mol.